The van der Waals surface area contributed by atoms with Crippen LogP contribution in [0.25, 0.3) is 0 Å². The minimum atomic E-state index is 0.299. The number of para-hydroxylation sites is 1. The van der Waals surface area contributed by atoms with Crippen molar-refractivity contribution in [3.63, 3.8) is 0 Å². The Bertz CT molecular complexity index is 447. The van der Waals surface area contributed by atoms with E-state index in [-0.39, 0.29) is 0 Å². The Hall–Kier alpha value is -1.71. The van der Waals surface area contributed by atoms with E-state index >= 15 is 0 Å². The van der Waals surface area contributed by atoms with Crippen LogP contribution in [0.1, 0.15) is 39.5 Å². The van der Waals surface area contributed by atoms with E-state index in [1.54, 1.807) is 0 Å². The van der Waals surface area contributed by atoms with Gasteiger partial charge in [0.15, 0.2) is 5.96 Å². The van der Waals surface area contributed by atoms with Gasteiger partial charge in [-0.05, 0) is 30.9 Å². The molecule has 1 aliphatic heterocycles. The van der Waals surface area contributed by atoms with Gasteiger partial charge in [-0.1, -0.05) is 44.9 Å². The van der Waals surface area contributed by atoms with E-state index in [2.05, 4.69) is 53.3 Å². The van der Waals surface area contributed by atoms with E-state index < -0.39 is 0 Å². The first kappa shape index (κ1) is 16.7. The number of rotatable bonds is 5. The van der Waals surface area contributed by atoms with Crippen molar-refractivity contribution in [1.82, 2.24) is 4.90 Å². The first-order chi connectivity index (χ1) is 10.7. The van der Waals surface area contributed by atoms with Crippen LogP contribution in [-0.2, 0) is 0 Å². The molecule has 0 spiro atoms. The molecule has 0 aromatic heterocycles. The Balaban J connectivity index is 1.93. The minimum Gasteiger partial charge on any atom is -0.380 e. The fourth-order valence-electron chi connectivity index (χ4n) is 2.76. The Kier molecular flexibility index (Phi) is 6.56. The first-order valence-corrected chi connectivity index (χ1v) is 8.53. The van der Waals surface area contributed by atoms with Crippen molar-refractivity contribution in [2.24, 2.45) is 16.6 Å². The van der Waals surface area contributed by atoms with Crippen LogP contribution in [0, 0.1) is 5.92 Å². The predicted octanol–water partition coefficient (Wildman–Crippen LogP) is 3.31. The molecule has 1 aromatic rings. The molecular formula is C18H30N4. The van der Waals surface area contributed by atoms with Crippen LogP contribution in [0.15, 0.2) is 35.3 Å². The van der Waals surface area contributed by atoms with Gasteiger partial charge in [0.25, 0.3) is 0 Å². The van der Waals surface area contributed by atoms with Crippen molar-refractivity contribution >= 4 is 11.6 Å². The standard InChI is InChI=1S/C18H30N4/c1-15(2)17(21-16-10-6-5-7-11-16)14-20-18(19)22-12-8-3-4-9-13-22/h5-7,10-11,15,17,21H,3-4,8-9,12-14H2,1-2H3,(H2,19,20). The number of nitrogens with one attached hydrogen (secondary N) is 1. The molecular weight excluding hydrogens is 272 g/mol. The SMILES string of the molecule is CC(C)C(CN=C(N)N1CCCCCC1)Nc1ccccc1. The van der Waals surface area contributed by atoms with Crippen LogP contribution < -0.4 is 11.1 Å². The second kappa shape index (κ2) is 8.66. The second-order valence-corrected chi connectivity index (χ2v) is 6.46. The van der Waals surface area contributed by atoms with Gasteiger partial charge in [-0.25, -0.2) is 0 Å². The largest absolute Gasteiger partial charge is 0.380 e. The molecule has 1 saturated heterocycles. The van der Waals surface area contributed by atoms with Crippen LogP contribution in [0.5, 0.6) is 0 Å². The zero-order valence-electron chi connectivity index (χ0n) is 14.0. The highest BCUT2D eigenvalue weighted by Crippen LogP contribution is 2.13. The van der Waals surface area contributed by atoms with Gasteiger partial charge < -0.3 is 16.0 Å². The molecule has 1 atom stereocenters. The van der Waals surface area contributed by atoms with Gasteiger partial charge in [0, 0.05) is 24.8 Å². The fourth-order valence-corrected chi connectivity index (χ4v) is 2.76. The number of aliphatic imine (C=N–C) groups is 1. The molecule has 0 amide bonds. The summed E-state index contributed by atoms with van der Waals surface area (Å²) in [6.07, 6.45) is 5.08. The molecule has 2 rings (SSSR count). The summed E-state index contributed by atoms with van der Waals surface area (Å²) in [7, 11) is 0. The van der Waals surface area contributed by atoms with Crippen molar-refractivity contribution in [1.29, 1.82) is 0 Å². The lowest BCUT2D eigenvalue weighted by molar-refractivity contribution is 0.426. The molecule has 0 bridgehead atoms. The van der Waals surface area contributed by atoms with Crippen molar-refractivity contribution in [3.8, 4) is 0 Å². The van der Waals surface area contributed by atoms with Gasteiger partial charge in [-0.3, -0.25) is 4.99 Å². The average molecular weight is 302 g/mol. The third-order valence-corrected chi connectivity index (χ3v) is 4.31. The molecule has 3 N–H and O–H groups in total. The highest BCUT2D eigenvalue weighted by Gasteiger charge is 2.15. The monoisotopic (exact) mass is 302 g/mol. The Morgan fingerprint density at radius 2 is 1.77 bits per heavy atom. The van der Waals surface area contributed by atoms with Crippen LogP contribution in [0.2, 0.25) is 0 Å². The summed E-state index contributed by atoms with van der Waals surface area (Å²) in [5, 5.41) is 3.57. The maximum Gasteiger partial charge on any atom is 0.191 e. The van der Waals surface area contributed by atoms with E-state index in [0.29, 0.717) is 17.9 Å². The summed E-state index contributed by atoms with van der Waals surface area (Å²) < 4.78 is 0. The number of nitrogens with zero attached hydrogens (tertiary/aromatic N) is 2. The molecule has 1 fully saturated rings. The highest BCUT2D eigenvalue weighted by atomic mass is 15.2. The zero-order valence-corrected chi connectivity index (χ0v) is 14.0. The van der Waals surface area contributed by atoms with Gasteiger partial charge in [0.2, 0.25) is 0 Å². The third kappa shape index (κ3) is 5.24. The minimum absolute atomic E-state index is 0.299. The van der Waals surface area contributed by atoms with E-state index in [9.17, 15) is 0 Å². The highest BCUT2D eigenvalue weighted by molar-refractivity contribution is 5.78. The molecule has 1 unspecified atom stereocenters. The lowest BCUT2D eigenvalue weighted by atomic mass is 10.0. The molecule has 1 aromatic carbocycles. The normalized spacial score (nSPS) is 18.1. The summed E-state index contributed by atoms with van der Waals surface area (Å²) in [5.74, 6) is 1.21. The molecule has 122 valence electrons. The number of anilines is 1. The molecule has 1 aliphatic rings. The van der Waals surface area contributed by atoms with Crippen LogP contribution in [0.4, 0.5) is 5.69 Å². The van der Waals surface area contributed by atoms with E-state index in [0.717, 1.165) is 25.3 Å². The number of likely N-dealkylation sites (tertiary alicyclic amines) is 1. The van der Waals surface area contributed by atoms with Crippen molar-refractivity contribution < 1.29 is 0 Å². The molecule has 1 heterocycles. The molecule has 0 radical (unpaired) electrons. The quantitative estimate of drug-likeness (QED) is 0.648. The third-order valence-electron chi connectivity index (χ3n) is 4.31. The molecule has 22 heavy (non-hydrogen) atoms. The van der Waals surface area contributed by atoms with E-state index in [4.69, 9.17) is 5.73 Å². The second-order valence-electron chi connectivity index (χ2n) is 6.46. The predicted molar refractivity (Wildman–Crippen MR) is 95.2 cm³/mol. The number of guanidine groups is 1. The van der Waals surface area contributed by atoms with Crippen LogP contribution in [0.3, 0.4) is 0 Å². The van der Waals surface area contributed by atoms with Gasteiger partial charge >= 0.3 is 0 Å². The van der Waals surface area contributed by atoms with E-state index in [1.165, 1.54) is 25.7 Å². The summed E-state index contributed by atoms with van der Waals surface area (Å²) in [4.78, 5) is 6.91. The van der Waals surface area contributed by atoms with Crippen molar-refractivity contribution in [2.75, 3.05) is 25.0 Å². The van der Waals surface area contributed by atoms with Crippen LogP contribution >= 0.6 is 0 Å². The summed E-state index contributed by atoms with van der Waals surface area (Å²) in [6, 6.07) is 10.6. The lowest BCUT2D eigenvalue weighted by Gasteiger charge is -2.24. The Morgan fingerprint density at radius 1 is 1.14 bits per heavy atom. The van der Waals surface area contributed by atoms with Gasteiger partial charge in [0.05, 0.1) is 6.54 Å². The van der Waals surface area contributed by atoms with E-state index in [1.807, 2.05) is 6.07 Å². The fraction of sp³-hybridized carbons (Fsp3) is 0.611. The maximum atomic E-state index is 6.21. The number of hydrogen-bond donors (Lipinski definition) is 2. The topological polar surface area (TPSA) is 53.6 Å². The summed E-state index contributed by atoms with van der Waals surface area (Å²) >= 11 is 0. The molecule has 4 heteroatoms. The van der Waals surface area contributed by atoms with Gasteiger partial charge in [-0.2, -0.15) is 0 Å². The number of nitrogens with two attached hydrogens (primary N) is 1. The molecule has 4 nitrogen and oxygen atoms in total. The zero-order chi connectivity index (χ0) is 15.8. The number of hydrogen-bond acceptors (Lipinski definition) is 2. The molecule has 0 aliphatic carbocycles. The Morgan fingerprint density at radius 3 is 2.36 bits per heavy atom. The average Bonchev–Trinajstić information content (AvgIpc) is 2.81. The molecule has 0 saturated carbocycles. The smallest absolute Gasteiger partial charge is 0.191 e. The summed E-state index contributed by atoms with van der Waals surface area (Å²) in [5.41, 5.74) is 7.35. The van der Waals surface area contributed by atoms with Gasteiger partial charge in [-0.15, -0.1) is 0 Å². The van der Waals surface area contributed by atoms with Crippen LogP contribution in [-0.4, -0.2) is 36.5 Å². The Labute approximate surface area is 134 Å². The van der Waals surface area contributed by atoms with Crippen molar-refractivity contribution in [2.45, 2.75) is 45.6 Å². The lowest BCUT2D eigenvalue weighted by Crippen LogP contribution is -2.39. The first-order valence-electron chi connectivity index (χ1n) is 8.53. The summed E-state index contributed by atoms with van der Waals surface area (Å²) in [6.45, 7) is 7.26. The maximum absolute atomic E-state index is 6.21. The van der Waals surface area contributed by atoms with Gasteiger partial charge in [0.1, 0.15) is 0 Å². The number of benzene rings is 1. The van der Waals surface area contributed by atoms with Crippen molar-refractivity contribution in [3.05, 3.63) is 30.3 Å².